The summed E-state index contributed by atoms with van der Waals surface area (Å²) in [5.74, 6) is 1.27. The van der Waals surface area contributed by atoms with Crippen LogP contribution in [0.25, 0.3) is 11.4 Å². The third-order valence-electron chi connectivity index (χ3n) is 6.13. The first-order valence-corrected chi connectivity index (χ1v) is 12.6. The second-order valence-electron chi connectivity index (χ2n) is 9.63. The van der Waals surface area contributed by atoms with Crippen LogP contribution in [0, 0.1) is 12.3 Å². The van der Waals surface area contributed by atoms with Gasteiger partial charge in [0.15, 0.2) is 5.82 Å². The lowest BCUT2D eigenvalue weighted by Crippen LogP contribution is -2.28. The van der Waals surface area contributed by atoms with Gasteiger partial charge < -0.3 is 19.3 Å². The summed E-state index contributed by atoms with van der Waals surface area (Å²) in [5.41, 5.74) is 1.09. The SMILES string of the molecule is CCOC(=O)C(C)(C)CCOc1ccc(OCc2cnc(-c3ccc(C(F)(F)F)cc3)nc2CCO)cc1C. The number of carbonyl (C=O) groups excluding carboxylic acids is 1. The van der Waals surface area contributed by atoms with Crippen LogP contribution in [0.4, 0.5) is 13.2 Å². The first-order valence-electron chi connectivity index (χ1n) is 12.6. The molecule has 0 aliphatic carbocycles. The van der Waals surface area contributed by atoms with Gasteiger partial charge in [-0.1, -0.05) is 12.1 Å². The number of esters is 1. The molecule has 0 bridgehead atoms. The van der Waals surface area contributed by atoms with Gasteiger partial charge in [0.25, 0.3) is 0 Å². The van der Waals surface area contributed by atoms with Crippen LogP contribution in [-0.2, 0) is 28.7 Å². The average molecular weight is 547 g/mol. The summed E-state index contributed by atoms with van der Waals surface area (Å²) in [4.78, 5) is 20.8. The van der Waals surface area contributed by atoms with Gasteiger partial charge in [0.2, 0.25) is 0 Å². The summed E-state index contributed by atoms with van der Waals surface area (Å²) in [6, 6.07) is 10.00. The Labute approximate surface area is 226 Å². The maximum absolute atomic E-state index is 12.9. The monoisotopic (exact) mass is 546 g/mol. The number of alkyl halides is 3. The number of hydrogen-bond donors (Lipinski definition) is 1. The fraction of sp³-hybridized carbons (Fsp3) is 0.414. The van der Waals surface area contributed by atoms with Crippen molar-refractivity contribution in [2.45, 2.75) is 53.3 Å². The molecule has 0 amide bonds. The molecular weight excluding hydrogens is 513 g/mol. The summed E-state index contributed by atoms with van der Waals surface area (Å²) in [7, 11) is 0. The molecule has 0 fully saturated rings. The molecule has 3 rings (SSSR count). The Morgan fingerprint density at radius 3 is 2.38 bits per heavy atom. The van der Waals surface area contributed by atoms with Crippen LogP contribution in [0.3, 0.4) is 0 Å². The average Bonchev–Trinajstić information content (AvgIpc) is 2.89. The van der Waals surface area contributed by atoms with E-state index in [1.165, 1.54) is 12.1 Å². The number of carbonyl (C=O) groups is 1. The van der Waals surface area contributed by atoms with Crippen molar-refractivity contribution in [1.82, 2.24) is 9.97 Å². The van der Waals surface area contributed by atoms with Gasteiger partial charge in [-0.2, -0.15) is 13.2 Å². The summed E-state index contributed by atoms with van der Waals surface area (Å²) >= 11 is 0. The highest BCUT2D eigenvalue weighted by molar-refractivity contribution is 5.75. The van der Waals surface area contributed by atoms with E-state index in [1.807, 2.05) is 26.8 Å². The highest BCUT2D eigenvalue weighted by Gasteiger charge is 2.30. The van der Waals surface area contributed by atoms with E-state index < -0.39 is 17.2 Å². The van der Waals surface area contributed by atoms with Crippen molar-refractivity contribution in [1.29, 1.82) is 0 Å². The molecule has 0 atom stereocenters. The van der Waals surface area contributed by atoms with Gasteiger partial charge in [-0.05, 0) is 70.0 Å². The first kappa shape index (κ1) is 29.9. The van der Waals surface area contributed by atoms with Gasteiger partial charge in [0, 0.05) is 30.4 Å². The molecule has 0 saturated carbocycles. The Morgan fingerprint density at radius 1 is 1.05 bits per heavy atom. The van der Waals surface area contributed by atoms with Crippen molar-refractivity contribution in [2.24, 2.45) is 5.41 Å². The second-order valence-corrected chi connectivity index (χ2v) is 9.63. The van der Waals surface area contributed by atoms with Crippen molar-refractivity contribution in [2.75, 3.05) is 19.8 Å². The largest absolute Gasteiger partial charge is 0.493 e. The number of nitrogens with zero attached hydrogens (tertiary/aromatic N) is 2. The molecule has 1 heterocycles. The molecule has 7 nitrogen and oxygen atoms in total. The molecule has 39 heavy (non-hydrogen) atoms. The minimum absolute atomic E-state index is 0.135. The first-order chi connectivity index (χ1) is 18.4. The van der Waals surface area contributed by atoms with E-state index in [1.54, 1.807) is 25.3 Å². The molecular formula is C29H33F3N2O5. The quantitative estimate of drug-likeness (QED) is 0.281. The van der Waals surface area contributed by atoms with Crippen LogP contribution in [0.5, 0.6) is 11.5 Å². The van der Waals surface area contributed by atoms with E-state index >= 15 is 0 Å². The molecule has 210 valence electrons. The van der Waals surface area contributed by atoms with Gasteiger partial charge in [-0.25, -0.2) is 9.97 Å². The Morgan fingerprint density at radius 2 is 1.77 bits per heavy atom. The molecule has 0 saturated heterocycles. The molecule has 2 aromatic carbocycles. The van der Waals surface area contributed by atoms with Gasteiger partial charge in [-0.15, -0.1) is 0 Å². The molecule has 10 heteroatoms. The number of benzene rings is 2. The van der Waals surface area contributed by atoms with E-state index in [0.29, 0.717) is 48.0 Å². The van der Waals surface area contributed by atoms with E-state index in [2.05, 4.69) is 9.97 Å². The summed E-state index contributed by atoms with van der Waals surface area (Å²) in [6.45, 7) is 7.96. The number of rotatable bonds is 12. The normalized spacial score (nSPS) is 11.8. The van der Waals surface area contributed by atoms with Crippen molar-refractivity contribution >= 4 is 5.97 Å². The van der Waals surface area contributed by atoms with Crippen LogP contribution in [0.2, 0.25) is 0 Å². The lowest BCUT2D eigenvalue weighted by Gasteiger charge is -2.22. The third-order valence-corrected chi connectivity index (χ3v) is 6.13. The fourth-order valence-corrected chi connectivity index (χ4v) is 3.71. The maximum Gasteiger partial charge on any atom is 0.416 e. The predicted octanol–water partition coefficient (Wildman–Crippen LogP) is 5.94. The number of aryl methyl sites for hydroxylation is 1. The van der Waals surface area contributed by atoms with Crippen LogP contribution >= 0.6 is 0 Å². The minimum Gasteiger partial charge on any atom is -0.493 e. The number of hydrogen-bond acceptors (Lipinski definition) is 7. The summed E-state index contributed by atoms with van der Waals surface area (Å²) in [6.07, 6.45) is -2.13. The zero-order chi connectivity index (χ0) is 28.6. The lowest BCUT2D eigenvalue weighted by molar-refractivity contribution is -0.154. The van der Waals surface area contributed by atoms with Crippen LogP contribution < -0.4 is 9.47 Å². The summed E-state index contributed by atoms with van der Waals surface area (Å²) in [5, 5.41) is 9.50. The minimum atomic E-state index is -4.42. The predicted molar refractivity (Wildman–Crippen MR) is 139 cm³/mol. The molecule has 0 unspecified atom stereocenters. The second kappa shape index (κ2) is 12.9. The van der Waals surface area contributed by atoms with Gasteiger partial charge >= 0.3 is 12.1 Å². The van der Waals surface area contributed by atoms with Gasteiger partial charge in [-0.3, -0.25) is 4.79 Å². The molecule has 1 aromatic heterocycles. The molecule has 0 aliphatic rings. The highest BCUT2D eigenvalue weighted by atomic mass is 19.4. The van der Waals surface area contributed by atoms with E-state index in [4.69, 9.17) is 14.2 Å². The third kappa shape index (κ3) is 8.16. The molecule has 0 radical (unpaired) electrons. The zero-order valence-electron chi connectivity index (χ0n) is 22.5. The van der Waals surface area contributed by atoms with Crippen molar-refractivity contribution in [3.8, 4) is 22.9 Å². The van der Waals surface area contributed by atoms with Gasteiger partial charge in [0.05, 0.1) is 29.9 Å². The Kier molecular flexibility index (Phi) is 9.91. The zero-order valence-corrected chi connectivity index (χ0v) is 22.5. The maximum atomic E-state index is 12.9. The number of ether oxygens (including phenoxy) is 3. The topological polar surface area (TPSA) is 90.8 Å². The highest BCUT2D eigenvalue weighted by Crippen LogP contribution is 2.31. The number of aliphatic hydroxyl groups excluding tert-OH is 1. The number of halogens is 3. The van der Waals surface area contributed by atoms with Crippen LogP contribution in [-0.4, -0.2) is 40.9 Å². The summed E-state index contributed by atoms with van der Waals surface area (Å²) < 4.78 is 55.5. The van der Waals surface area contributed by atoms with Crippen LogP contribution in [0.1, 0.15) is 49.6 Å². The van der Waals surface area contributed by atoms with Crippen molar-refractivity contribution in [3.05, 3.63) is 71.0 Å². The van der Waals surface area contributed by atoms with E-state index in [-0.39, 0.29) is 31.4 Å². The van der Waals surface area contributed by atoms with E-state index in [9.17, 15) is 23.1 Å². The number of aromatic nitrogens is 2. The number of aliphatic hydroxyl groups is 1. The lowest BCUT2D eigenvalue weighted by atomic mass is 9.90. The smallest absolute Gasteiger partial charge is 0.416 e. The Balaban J connectivity index is 1.64. The van der Waals surface area contributed by atoms with E-state index in [0.717, 1.165) is 17.7 Å². The molecule has 0 spiro atoms. The molecule has 1 N–H and O–H groups in total. The van der Waals surface area contributed by atoms with Gasteiger partial charge in [0.1, 0.15) is 18.1 Å². The van der Waals surface area contributed by atoms with Crippen LogP contribution in [0.15, 0.2) is 48.7 Å². The Hall–Kier alpha value is -3.66. The molecule has 0 aliphatic heterocycles. The van der Waals surface area contributed by atoms with Crippen molar-refractivity contribution in [3.63, 3.8) is 0 Å². The van der Waals surface area contributed by atoms with Crippen molar-refractivity contribution < 1.29 is 37.3 Å². The Bertz CT molecular complexity index is 1260. The fourth-order valence-electron chi connectivity index (χ4n) is 3.71. The molecule has 3 aromatic rings. The standard InChI is InChI=1S/C29H33F3N2O5/c1-5-37-27(36)28(3,4)13-15-38-25-11-10-23(16-19(25)2)39-18-21-17-33-26(34-24(21)12-14-35)20-6-8-22(9-7-20)29(30,31)32/h6-11,16-17,35H,5,12-15,18H2,1-4H3.